The summed E-state index contributed by atoms with van der Waals surface area (Å²) in [6.45, 7) is 1.92. The number of hydrogen-bond acceptors (Lipinski definition) is 3. The first kappa shape index (κ1) is 15.5. The van der Waals surface area contributed by atoms with E-state index in [1.165, 1.54) is 0 Å². The third-order valence-electron chi connectivity index (χ3n) is 4.24. The molecule has 0 spiro atoms. The molecule has 1 amide bonds. The second kappa shape index (κ2) is 6.38. The van der Waals surface area contributed by atoms with Crippen molar-refractivity contribution in [2.75, 3.05) is 0 Å². The van der Waals surface area contributed by atoms with Gasteiger partial charge in [-0.15, -0.1) is 0 Å². The molecule has 1 aliphatic heterocycles. The highest BCUT2D eigenvalue weighted by Crippen LogP contribution is 2.25. The van der Waals surface area contributed by atoms with Gasteiger partial charge in [0, 0.05) is 0 Å². The predicted molar refractivity (Wildman–Crippen MR) is 86.0 cm³/mol. The zero-order chi connectivity index (χ0) is 16.4. The van der Waals surface area contributed by atoms with E-state index in [1.54, 1.807) is 0 Å². The lowest BCUT2D eigenvalue weighted by Crippen LogP contribution is -2.37. The van der Waals surface area contributed by atoms with Crippen LogP contribution in [0.25, 0.3) is 10.8 Å². The molecule has 2 aromatic carbocycles. The summed E-state index contributed by atoms with van der Waals surface area (Å²) in [5, 5.41) is 14.1. The SMILES string of the molecule is CC(NC(=O)[C@@H]1CC[C@H](C(=O)O)O1)c1cccc2ccccc12. The summed E-state index contributed by atoms with van der Waals surface area (Å²) in [7, 11) is 0. The number of aliphatic carboxylic acids is 1. The van der Waals surface area contributed by atoms with Gasteiger partial charge < -0.3 is 15.2 Å². The summed E-state index contributed by atoms with van der Waals surface area (Å²) < 4.78 is 5.30. The lowest BCUT2D eigenvalue weighted by molar-refractivity contribution is -0.151. The molecule has 1 fully saturated rings. The number of rotatable bonds is 4. The summed E-state index contributed by atoms with van der Waals surface area (Å²) in [6, 6.07) is 13.8. The third-order valence-corrected chi connectivity index (χ3v) is 4.24. The van der Waals surface area contributed by atoms with Crippen LogP contribution in [0.5, 0.6) is 0 Å². The topological polar surface area (TPSA) is 75.6 Å². The molecular weight excluding hydrogens is 294 g/mol. The molecule has 0 radical (unpaired) electrons. The molecule has 1 aliphatic rings. The molecule has 2 aromatic rings. The van der Waals surface area contributed by atoms with Gasteiger partial charge >= 0.3 is 5.97 Å². The highest BCUT2D eigenvalue weighted by Gasteiger charge is 2.35. The minimum Gasteiger partial charge on any atom is -0.479 e. The molecule has 1 unspecified atom stereocenters. The molecule has 3 atom stereocenters. The van der Waals surface area contributed by atoms with E-state index in [1.807, 2.05) is 49.4 Å². The second-order valence-electron chi connectivity index (χ2n) is 5.83. The van der Waals surface area contributed by atoms with Crippen molar-refractivity contribution in [3.8, 4) is 0 Å². The Morgan fingerprint density at radius 2 is 1.83 bits per heavy atom. The standard InChI is InChI=1S/C18H19NO4/c1-11(13-8-4-6-12-5-2-3-7-14(12)13)19-17(20)15-9-10-16(23-15)18(21)22/h2-8,11,15-16H,9-10H2,1H3,(H,19,20)(H,21,22)/t11?,15-,16+/m0/s1. The highest BCUT2D eigenvalue weighted by atomic mass is 16.5. The molecule has 5 heteroatoms. The lowest BCUT2D eigenvalue weighted by atomic mass is 9.99. The van der Waals surface area contributed by atoms with E-state index in [9.17, 15) is 9.59 Å². The number of hydrogen-bond donors (Lipinski definition) is 2. The maximum Gasteiger partial charge on any atom is 0.332 e. The van der Waals surface area contributed by atoms with E-state index in [4.69, 9.17) is 9.84 Å². The van der Waals surface area contributed by atoms with Crippen molar-refractivity contribution >= 4 is 22.6 Å². The minimum atomic E-state index is -1.01. The van der Waals surface area contributed by atoms with Crippen LogP contribution in [-0.4, -0.2) is 29.2 Å². The molecule has 0 bridgehead atoms. The van der Waals surface area contributed by atoms with Crippen molar-refractivity contribution in [2.24, 2.45) is 0 Å². The van der Waals surface area contributed by atoms with E-state index in [-0.39, 0.29) is 11.9 Å². The van der Waals surface area contributed by atoms with Crippen LogP contribution >= 0.6 is 0 Å². The number of nitrogens with one attached hydrogen (secondary N) is 1. The Morgan fingerprint density at radius 3 is 2.57 bits per heavy atom. The highest BCUT2D eigenvalue weighted by molar-refractivity contribution is 5.87. The van der Waals surface area contributed by atoms with Gasteiger partial charge in [-0.1, -0.05) is 42.5 Å². The molecule has 5 nitrogen and oxygen atoms in total. The normalized spacial score (nSPS) is 22.0. The summed E-state index contributed by atoms with van der Waals surface area (Å²) in [6.07, 6.45) is -0.756. The number of benzene rings is 2. The van der Waals surface area contributed by atoms with Crippen molar-refractivity contribution < 1.29 is 19.4 Å². The molecule has 1 heterocycles. The van der Waals surface area contributed by atoms with Gasteiger partial charge in [0.1, 0.15) is 6.10 Å². The van der Waals surface area contributed by atoms with Crippen LogP contribution < -0.4 is 5.32 Å². The fourth-order valence-corrected chi connectivity index (χ4v) is 3.02. The minimum absolute atomic E-state index is 0.180. The van der Waals surface area contributed by atoms with Crippen molar-refractivity contribution in [1.82, 2.24) is 5.32 Å². The average Bonchev–Trinajstić information content (AvgIpc) is 3.04. The van der Waals surface area contributed by atoms with Gasteiger partial charge in [0.15, 0.2) is 6.10 Å². The summed E-state index contributed by atoms with van der Waals surface area (Å²) in [4.78, 5) is 23.2. The Balaban J connectivity index is 1.72. The Morgan fingerprint density at radius 1 is 1.13 bits per heavy atom. The molecule has 0 aromatic heterocycles. The Hall–Kier alpha value is -2.40. The monoisotopic (exact) mass is 313 g/mol. The van der Waals surface area contributed by atoms with Gasteiger partial charge in [-0.05, 0) is 36.1 Å². The molecule has 120 valence electrons. The summed E-state index contributed by atoms with van der Waals surface area (Å²) in [5.41, 5.74) is 1.03. The number of carboxylic acids is 1. The fourth-order valence-electron chi connectivity index (χ4n) is 3.02. The smallest absolute Gasteiger partial charge is 0.332 e. The average molecular weight is 313 g/mol. The molecule has 2 N–H and O–H groups in total. The largest absolute Gasteiger partial charge is 0.479 e. The van der Waals surface area contributed by atoms with Crippen LogP contribution in [0.15, 0.2) is 42.5 Å². The number of carbonyl (C=O) groups excluding carboxylic acids is 1. The Kier molecular flexibility index (Phi) is 4.30. The van der Waals surface area contributed by atoms with E-state index >= 15 is 0 Å². The number of carboxylic acid groups (broad SMARTS) is 1. The zero-order valence-electron chi connectivity index (χ0n) is 12.9. The quantitative estimate of drug-likeness (QED) is 0.910. The van der Waals surface area contributed by atoms with Crippen molar-refractivity contribution in [1.29, 1.82) is 0 Å². The molecule has 23 heavy (non-hydrogen) atoms. The van der Waals surface area contributed by atoms with E-state index < -0.39 is 18.2 Å². The first-order valence-corrected chi connectivity index (χ1v) is 7.72. The van der Waals surface area contributed by atoms with Gasteiger partial charge in [0.2, 0.25) is 5.91 Å². The molecule has 3 rings (SSSR count). The fraction of sp³-hybridized carbons (Fsp3) is 0.333. The van der Waals surface area contributed by atoms with Crippen LogP contribution in [0, 0.1) is 0 Å². The van der Waals surface area contributed by atoms with Crippen LogP contribution in [-0.2, 0) is 14.3 Å². The number of fused-ring (bicyclic) bond motifs is 1. The van der Waals surface area contributed by atoms with Crippen LogP contribution in [0.3, 0.4) is 0 Å². The predicted octanol–water partition coefficient (Wildman–Crippen LogP) is 2.65. The van der Waals surface area contributed by atoms with Crippen molar-refractivity contribution in [2.45, 2.75) is 38.0 Å². The maximum absolute atomic E-state index is 12.3. The first-order valence-electron chi connectivity index (χ1n) is 7.72. The van der Waals surface area contributed by atoms with Crippen molar-refractivity contribution in [3.63, 3.8) is 0 Å². The Labute approximate surface area is 134 Å². The van der Waals surface area contributed by atoms with Crippen LogP contribution in [0.4, 0.5) is 0 Å². The van der Waals surface area contributed by atoms with Crippen molar-refractivity contribution in [3.05, 3.63) is 48.0 Å². The lowest BCUT2D eigenvalue weighted by Gasteiger charge is -2.19. The Bertz CT molecular complexity index is 737. The van der Waals surface area contributed by atoms with Gasteiger partial charge in [0.25, 0.3) is 0 Å². The van der Waals surface area contributed by atoms with E-state index in [2.05, 4.69) is 5.32 Å². The first-order chi connectivity index (χ1) is 11.1. The van der Waals surface area contributed by atoms with Crippen LogP contribution in [0.1, 0.15) is 31.4 Å². The summed E-state index contributed by atoms with van der Waals surface area (Å²) in [5.74, 6) is -1.27. The zero-order valence-corrected chi connectivity index (χ0v) is 12.9. The van der Waals surface area contributed by atoms with E-state index in [0.717, 1.165) is 16.3 Å². The molecule has 0 saturated carbocycles. The summed E-state index contributed by atoms with van der Waals surface area (Å²) >= 11 is 0. The second-order valence-corrected chi connectivity index (χ2v) is 5.83. The number of ether oxygens (including phenoxy) is 1. The molecular formula is C18H19NO4. The molecule has 1 saturated heterocycles. The van der Waals surface area contributed by atoms with E-state index in [0.29, 0.717) is 12.8 Å². The molecule has 0 aliphatic carbocycles. The maximum atomic E-state index is 12.3. The number of carbonyl (C=O) groups is 2. The van der Waals surface area contributed by atoms with Gasteiger partial charge in [0.05, 0.1) is 6.04 Å². The van der Waals surface area contributed by atoms with Gasteiger partial charge in [-0.25, -0.2) is 4.79 Å². The number of amides is 1. The van der Waals surface area contributed by atoms with Crippen LogP contribution in [0.2, 0.25) is 0 Å². The van der Waals surface area contributed by atoms with Gasteiger partial charge in [-0.2, -0.15) is 0 Å². The van der Waals surface area contributed by atoms with Gasteiger partial charge in [-0.3, -0.25) is 4.79 Å². The third kappa shape index (κ3) is 3.19.